The number of aromatic nitrogens is 6. The minimum Gasteiger partial charge on any atom is -0.324 e. The first-order valence-electron chi connectivity index (χ1n) is 4.39. The van der Waals surface area contributed by atoms with Gasteiger partial charge in [0.2, 0.25) is 0 Å². The van der Waals surface area contributed by atoms with E-state index in [9.17, 15) is 0 Å². The van der Waals surface area contributed by atoms with Crippen LogP contribution < -0.4 is 0 Å². The molecule has 86 valence electrons. The normalized spacial score (nSPS) is 10.0. The summed E-state index contributed by atoms with van der Waals surface area (Å²) in [5.74, 6) is 0. The van der Waals surface area contributed by atoms with Crippen LogP contribution in [0.25, 0.3) is 21.9 Å². The molecule has 0 amide bonds. The van der Waals surface area contributed by atoms with Crippen molar-refractivity contribution in [3.63, 3.8) is 0 Å². The Morgan fingerprint density at radius 2 is 1.71 bits per heavy atom. The molecule has 0 aromatic carbocycles. The molecule has 3 aromatic rings. The average Bonchev–Trinajstić information content (AvgIpc) is 2.62. The summed E-state index contributed by atoms with van der Waals surface area (Å²) in [7, 11) is 1.80. The van der Waals surface area contributed by atoms with Crippen LogP contribution in [0.5, 0.6) is 0 Å². The van der Waals surface area contributed by atoms with Gasteiger partial charge in [-0.1, -0.05) is 12.1 Å². The predicted octanol–water partition coefficient (Wildman–Crippen LogP) is 0.210. The van der Waals surface area contributed by atoms with Gasteiger partial charge in [-0.25, -0.2) is 15.2 Å². The van der Waals surface area contributed by atoms with Crippen molar-refractivity contribution in [3.05, 3.63) is 18.1 Å². The van der Waals surface area contributed by atoms with E-state index in [1.807, 2.05) is 6.92 Å². The van der Waals surface area contributed by atoms with E-state index in [1.54, 1.807) is 11.7 Å². The second-order valence-electron chi connectivity index (χ2n) is 3.26. The first-order valence-corrected chi connectivity index (χ1v) is 4.39. The number of hydrogen-bond acceptors (Lipinski definition) is 5. The summed E-state index contributed by atoms with van der Waals surface area (Å²) in [5, 5.41) is 16.8. The van der Waals surface area contributed by atoms with Gasteiger partial charge in [0.05, 0.1) is 5.65 Å². The third-order valence-electron chi connectivity index (χ3n) is 2.29. The Hall–Kier alpha value is -0.733. The fourth-order valence-corrected chi connectivity index (χ4v) is 1.55. The molecule has 0 unspecified atom stereocenters. The molecule has 0 fully saturated rings. The molecule has 0 aliphatic rings. The number of rotatable bonds is 0. The third-order valence-corrected chi connectivity index (χ3v) is 2.29. The van der Waals surface area contributed by atoms with Crippen molar-refractivity contribution in [1.82, 2.24) is 30.2 Å². The van der Waals surface area contributed by atoms with Gasteiger partial charge in [0.1, 0.15) is 0 Å². The van der Waals surface area contributed by atoms with E-state index in [0.717, 1.165) is 22.1 Å². The van der Waals surface area contributed by atoms with Crippen LogP contribution in [-0.2, 0) is 49.2 Å². The molecule has 0 aliphatic heterocycles. The van der Waals surface area contributed by atoms with Crippen LogP contribution >= 0.6 is 0 Å². The minimum atomic E-state index is 0. The molecule has 3 rings (SSSR count). The van der Waals surface area contributed by atoms with Crippen molar-refractivity contribution in [3.8, 4) is 0 Å². The second-order valence-corrected chi connectivity index (χ2v) is 3.26. The number of hydrogen-bond donors (Lipinski definition) is 0. The average molecular weight is 566 g/mol. The number of nitrogens with zero attached hydrogens (tertiary/aromatic N) is 6. The third kappa shape index (κ3) is 2.16. The van der Waals surface area contributed by atoms with Gasteiger partial charge in [-0.05, 0) is 5.52 Å². The Bertz CT molecular complexity index is 665. The molecule has 8 heteroatoms. The van der Waals surface area contributed by atoms with E-state index in [4.69, 9.17) is 0 Å². The smallest absolute Gasteiger partial charge is 0.0947 e. The summed E-state index contributed by atoms with van der Waals surface area (Å²) in [4.78, 5) is 4.38. The summed E-state index contributed by atoms with van der Waals surface area (Å²) in [6.07, 6.45) is 5.59. The Morgan fingerprint density at radius 3 is 2.41 bits per heavy atom. The maximum absolute atomic E-state index is 4.38. The van der Waals surface area contributed by atoms with E-state index >= 15 is 0 Å². The van der Waals surface area contributed by atoms with E-state index in [1.165, 1.54) is 0 Å². The van der Waals surface area contributed by atoms with E-state index in [-0.39, 0.29) is 42.1 Å². The van der Waals surface area contributed by atoms with Gasteiger partial charge in [0.25, 0.3) is 0 Å². The summed E-state index contributed by atoms with van der Waals surface area (Å²) >= 11 is 0. The van der Waals surface area contributed by atoms with E-state index in [0.29, 0.717) is 5.52 Å². The maximum Gasteiger partial charge on any atom is 0.0947 e. The molecule has 0 N–H and O–H groups in total. The van der Waals surface area contributed by atoms with E-state index in [2.05, 4.69) is 37.9 Å². The summed E-state index contributed by atoms with van der Waals surface area (Å²) in [6.45, 7) is 1.89. The van der Waals surface area contributed by atoms with Crippen molar-refractivity contribution in [1.29, 1.82) is 0 Å². The molecule has 3 heterocycles. The van der Waals surface area contributed by atoms with Crippen molar-refractivity contribution < 1.29 is 42.1 Å². The molecule has 3 aromatic heterocycles. The van der Waals surface area contributed by atoms with Gasteiger partial charge in [-0.2, -0.15) is 0 Å². The zero-order valence-corrected chi connectivity index (χ0v) is 14.9. The topological polar surface area (TPSA) is 69.4 Å². The van der Waals surface area contributed by atoms with Gasteiger partial charge < -0.3 is 4.98 Å². The Balaban J connectivity index is 0.000000722. The molecule has 0 bridgehead atoms. The summed E-state index contributed by atoms with van der Waals surface area (Å²) in [5.41, 5.74) is 2.23. The summed E-state index contributed by atoms with van der Waals surface area (Å²) < 4.78 is 1.62. The van der Waals surface area contributed by atoms with Crippen LogP contribution in [0, 0.1) is 19.3 Å². The number of pyridine rings is 1. The van der Waals surface area contributed by atoms with Crippen molar-refractivity contribution in [2.75, 3.05) is 0 Å². The standard InChI is InChI=1S/C9H6N6.2W/c1-5-6-3-10-11-4-7(6)8-9(12-5)15(2)14-13-8;;/h1-2H3;;/q-2;;. The van der Waals surface area contributed by atoms with Crippen molar-refractivity contribution in [2.24, 2.45) is 7.05 Å². The zero-order chi connectivity index (χ0) is 10.4. The van der Waals surface area contributed by atoms with Gasteiger partial charge in [-0.3, -0.25) is 15.6 Å². The zero-order valence-electron chi connectivity index (χ0n) is 9.00. The quantitative estimate of drug-likeness (QED) is 0.365. The SMILES string of the molecule is Cc1nc2c(nnn2C)c2[c-]nn[c-]c12.[W].[W]. The first kappa shape index (κ1) is 14.3. The van der Waals surface area contributed by atoms with Crippen LogP contribution in [0.4, 0.5) is 0 Å². The molecule has 0 aliphatic carbocycles. The second kappa shape index (κ2) is 5.28. The Labute approximate surface area is 126 Å². The minimum absolute atomic E-state index is 0. The molecule has 0 radical (unpaired) electrons. The molecule has 17 heavy (non-hydrogen) atoms. The molecule has 6 nitrogen and oxygen atoms in total. The molecular weight excluding hydrogens is 560 g/mol. The van der Waals surface area contributed by atoms with Crippen LogP contribution in [0.1, 0.15) is 5.69 Å². The first-order chi connectivity index (χ1) is 7.27. The number of aryl methyl sites for hydroxylation is 2. The van der Waals surface area contributed by atoms with Crippen LogP contribution in [0.3, 0.4) is 0 Å². The molecular formula is C9H6N6W2-2. The molecule has 0 spiro atoms. The fourth-order valence-electron chi connectivity index (χ4n) is 1.55. The van der Waals surface area contributed by atoms with E-state index < -0.39 is 0 Å². The monoisotopic (exact) mass is 566 g/mol. The molecule has 0 saturated carbocycles. The summed E-state index contributed by atoms with van der Waals surface area (Å²) in [6, 6.07) is 0. The Kier molecular flexibility index (Phi) is 4.45. The largest absolute Gasteiger partial charge is 0.324 e. The van der Waals surface area contributed by atoms with Gasteiger partial charge in [-0.15, -0.1) is 18.1 Å². The van der Waals surface area contributed by atoms with Crippen molar-refractivity contribution >= 4 is 21.9 Å². The van der Waals surface area contributed by atoms with Crippen LogP contribution in [0.2, 0.25) is 0 Å². The van der Waals surface area contributed by atoms with Crippen LogP contribution in [0.15, 0.2) is 0 Å². The predicted molar refractivity (Wildman–Crippen MR) is 51.8 cm³/mol. The fraction of sp³-hybridized carbons (Fsp3) is 0.222. The van der Waals surface area contributed by atoms with Gasteiger partial charge in [0.15, 0.2) is 0 Å². The molecule has 0 atom stereocenters. The van der Waals surface area contributed by atoms with Gasteiger partial charge in [0, 0.05) is 49.2 Å². The van der Waals surface area contributed by atoms with Crippen molar-refractivity contribution in [2.45, 2.75) is 6.92 Å². The van der Waals surface area contributed by atoms with Gasteiger partial charge >= 0.3 is 0 Å². The van der Waals surface area contributed by atoms with Crippen LogP contribution in [-0.4, -0.2) is 30.2 Å². The number of fused-ring (bicyclic) bond motifs is 3. The molecule has 0 saturated heterocycles. The maximum atomic E-state index is 4.38. The Morgan fingerprint density at radius 1 is 1.06 bits per heavy atom.